The van der Waals surface area contributed by atoms with Crippen molar-refractivity contribution in [1.82, 2.24) is 14.8 Å². The summed E-state index contributed by atoms with van der Waals surface area (Å²) in [4.78, 5) is 16.2. The van der Waals surface area contributed by atoms with Crippen molar-refractivity contribution in [3.8, 4) is 22.1 Å². The summed E-state index contributed by atoms with van der Waals surface area (Å²) in [6, 6.07) is 21.9. The Morgan fingerprint density at radius 2 is 1.93 bits per heavy atom. The number of thiol groups is 1. The monoisotopic (exact) mass is 603 g/mol. The van der Waals surface area contributed by atoms with Gasteiger partial charge in [-0.25, -0.2) is 18.9 Å². The molecule has 5 aromatic rings. The van der Waals surface area contributed by atoms with E-state index in [0.29, 0.717) is 41.1 Å². The number of aromatic carboxylic acids is 1. The first-order valence-corrected chi connectivity index (χ1v) is 15.6. The topological polar surface area (TPSA) is 120 Å². The van der Waals surface area contributed by atoms with Gasteiger partial charge in [0.25, 0.3) is 0 Å². The predicted octanol–water partition coefficient (Wildman–Crippen LogP) is 5.88. The van der Waals surface area contributed by atoms with Crippen molar-refractivity contribution in [2.24, 2.45) is 11.1 Å². The lowest BCUT2D eigenvalue weighted by molar-refractivity contribution is 0.0691. The van der Waals surface area contributed by atoms with Crippen LogP contribution in [0.1, 0.15) is 45.7 Å². The second kappa shape index (κ2) is 12.0. The molecule has 3 aromatic carbocycles. The second-order valence-corrected chi connectivity index (χ2v) is 12.2. The minimum absolute atomic E-state index is 0.0557. The Kier molecular flexibility index (Phi) is 7.96. The van der Waals surface area contributed by atoms with E-state index in [2.05, 4.69) is 4.98 Å². The zero-order chi connectivity index (χ0) is 29.2. The van der Waals surface area contributed by atoms with Gasteiger partial charge in [0.05, 0.1) is 11.4 Å². The van der Waals surface area contributed by atoms with Gasteiger partial charge in [-0.15, -0.1) is 16.5 Å². The summed E-state index contributed by atoms with van der Waals surface area (Å²) in [6.07, 6.45) is 3.07. The molecule has 3 N–H and O–H groups in total. The first-order valence-electron chi connectivity index (χ1n) is 13.4. The molecule has 1 fully saturated rings. The summed E-state index contributed by atoms with van der Waals surface area (Å²) < 4.78 is 34.8. The molecule has 1 saturated carbocycles. The van der Waals surface area contributed by atoms with Gasteiger partial charge in [0.15, 0.2) is 21.6 Å². The number of benzene rings is 3. The smallest absolute Gasteiger partial charge is 0.355 e. The fourth-order valence-corrected chi connectivity index (χ4v) is 6.04. The van der Waals surface area contributed by atoms with E-state index in [1.807, 2.05) is 54.6 Å². The highest BCUT2D eigenvalue weighted by Gasteiger charge is 2.30. The Bertz CT molecular complexity index is 1780. The van der Waals surface area contributed by atoms with Crippen molar-refractivity contribution in [3.63, 3.8) is 0 Å². The fourth-order valence-electron chi connectivity index (χ4n) is 4.81. The Balaban J connectivity index is 1.45. The van der Waals surface area contributed by atoms with E-state index in [-0.39, 0.29) is 17.0 Å². The molecule has 42 heavy (non-hydrogen) atoms. The lowest BCUT2D eigenvalue weighted by Crippen LogP contribution is -2.07. The van der Waals surface area contributed by atoms with Crippen LogP contribution in [0.15, 0.2) is 83.1 Å². The van der Waals surface area contributed by atoms with Gasteiger partial charge < -0.3 is 9.84 Å². The SMILES string of the molecule is N[SH+](=O)c1ccc(Cc2c(-c3cccc(OCc4ccccc4)c3)nn(-c3nc(C(=O)O)cs3)c2CC2CC2)c(F)c1. The van der Waals surface area contributed by atoms with E-state index in [1.165, 1.54) is 22.8 Å². The molecule has 1 aliphatic rings. The number of carboxylic acid groups (broad SMARTS) is 1. The molecule has 0 aliphatic heterocycles. The van der Waals surface area contributed by atoms with Crippen LogP contribution in [0.3, 0.4) is 0 Å². The maximum Gasteiger partial charge on any atom is 0.355 e. The number of nitrogens with zero attached hydrogens (tertiary/aromatic N) is 3. The summed E-state index contributed by atoms with van der Waals surface area (Å²) >= 11 is 1.20. The molecule has 2 aromatic heterocycles. The van der Waals surface area contributed by atoms with Gasteiger partial charge in [0.1, 0.15) is 18.2 Å². The van der Waals surface area contributed by atoms with E-state index in [9.17, 15) is 14.1 Å². The standard InChI is InChI=1S/C31H27FN4O4S2/c32-26-16-24(42(33)39)12-11-21(26)15-25-28(13-19-9-10-19)36(31-34-27(18-41-31)30(37)38)35-29(25)22-7-4-8-23(14-22)40-17-20-5-2-1-3-6-20/h1-8,11-12,14,16,18-19H,9-10,13,15,17H2,(H2,33,39)(H,37,38)/p+1. The minimum atomic E-state index is -2.16. The Morgan fingerprint density at radius 3 is 2.62 bits per heavy atom. The summed E-state index contributed by atoms with van der Waals surface area (Å²) in [6.45, 7) is 0.399. The molecular formula is C31H28FN4O4S2+. The van der Waals surface area contributed by atoms with Crippen molar-refractivity contribution in [2.45, 2.75) is 37.2 Å². The number of aromatic nitrogens is 3. The molecule has 0 spiro atoms. The highest BCUT2D eigenvalue weighted by atomic mass is 32.2. The van der Waals surface area contributed by atoms with Crippen molar-refractivity contribution in [3.05, 3.63) is 112 Å². The van der Waals surface area contributed by atoms with Crippen LogP contribution in [0.5, 0.6) is 5.75 Å². The molecule has 214 valence electrons. The van der Waals surface area contributed by atoms with Gasteiger partial charge in [-0.1, -0.05) is 52.7 Å². The molecule has 8 nitrogen and oxygen atoms in total. The number of carbonyl (C=O) groups is 1. The lowest BCUT2D eigenvalue weighted by Gasteiger charge is -2.10. The van der Waals surface area contributed by atoms with Crippen molar-refractivity contribution < 1.29 is 23.2 Å². The van der Waals surface area contributed by atoms with Gasteiger partial charge in [-0.05, 0) is 54.5 Å². The Labute approximate surface area is 248 Å². The molecule has 0 radical (unpaired) electrons. The highest BCUT2D eigenvalue weighted by Crippen LogP contribution is 2.39. The van der Waals surface area contributed by atoms with E-state index < -0.39 is 22.8 Å². The number of nitrogens with two attached hydrogens (primary N) is 1. The van der Waals surface area contributed by atoms with E-state index in [1.54, 1.807) is 16.8 Å². The molecular weight excluding hydrogens is 575 g/mol. The van der Waals surface area contributed by atoms with Crippen LogP contribution in [0.25, 0.3) is 16.4 Å². The molecule has 0 amide bonds. The summed E-state index contributed by atoms with van der Waals surface area (Å²) in [5, 5.41) is 21.9. The average molecular weight is 604 g/mol. The number of hydrogen-bond acceptors (Lipinski definition) is 6. The lowest BCUT2D eigenvalue weighted by atomic mass is 9.96. The second-order valence-electron chi connectivity index (χ2n) is 10.2. The Hall–Kier alpha value is -4.19. The van der Waals surface area contributed by atoms with Crippen LogP contribution in [-0.4, -0.2) is 25.8 Å². The fraction of sp³-hybridized carbons (Fsp3) is 0.194. The minimum Gasteiger partial charge on any atom is -0.489 e. The van der Waals surface area contributed by atoms with Crippen molar-refractivity contribution >= 4 is 28.3 Å². The van der Waals surface area contributed by atoms with Crippen LogP contribution in [0.4, 0.5) is 4.39 Å². The van der Waals surface area contributed by atoms with E-state index in [4.69, 9.17) is 15.0 Å². The van der Waals surface area contributed by atoms with Gasteiger partial charge in [0.2, 0.25) is 5.13 Å². The number of thiazole rings is 1. The highest BCUT2D eigenvalue weighted by molar-refractivity contribution is 7.82. The van der Waals surface area contributed by atoms with Gasteiger partial charge >= 0.3 is 5.97 Å². The zero-order valence-electron chi connectivity index (χ0n) is 22.4. The molecule has 1 aliphatic carbocycles. The van der Waals surface area contributed by atoms with E-state index >= 15 is 4.39 Å². The molecule has 11 heteroatoms. The van der Waals surface area contributed by atoms with Gasteiger partial charge in [-0.3, -0.25) is 0 Å². The third-order valence-corrected chi connectivity index (χ3v) is 8.78. The van der Waals surface area contributed by atoms with Crippen LogP contribution in [0.2, 0.25) is 0 Å². The molecule has 1 unspecified atom stereocenters. The maximum atomic E-state index is 15.3. The first kappa shape index (κ1) is 28.0. The third kappa shape index (κ3) is 6.18. The van der Waals surface area contributed by atoms with Crippen LogP contribution in [-0.2, 0) is 34.6 Å². The number of rotatable bonds is 11. The summed E-state index contributed by atoms with van der Waals surface area (Å²) in [5.41, 5.74) is 4.49. The largest absolute Gasteiger partial charge is 0.489 e. The van der Waals surface area contributed by atoms with Crippen molar-refractivity contribution in [1.29, 1.82) is 0 Å². The van der Waals surface area contributed by atoms with Crippen LogP contribution < -0.4 is 9.88 Å². The first-order chi connectivity index (χ1) is 20.4. The van der Waals surface area contributed by atoms with E-state index in [0.717, 1.165) is 35.2 Å². The average Bonchev–Trinajstić information content (AvgIpc) is 3.55. The zero-order valence-corrected chi connectivity index (χ0v) is 24.2. The molecule has 1 atom stereocenters. The third-order valence-electron chi connectivity index (χ3n) is 7.18. The van der Waals surface area contributed by atoms with Gasteiger partial charge in [-0.2, -0.15) is 5.10 Å². The summed E-state index contributed by atoms with van der Waals surface area (Å²) in [5.74, 6) is -0.498. The number of carboxylic acids is 1. The molecule has 0 bridgehead atoms. The van der Waals surface area contributed by atoms with Gasteiger partial charge in [0, 0.05) is 29.0 Å². The van der Waals surface area contributed by atoms with Crippen LogP contribution >= 0.6 is 11.3 Å². The maximum absolute atomic E-state index is 15.3. The predicted molar refractivity (Wildman–Crippen MR) is 160 cm³/mol. The molecule has 6 rings (SSSR count). The normalized spacial score (nSPS) is 13.7. The molecule has 0 saturated heterocycles. The quantitative estimate of drug-likeness (QED) is 0.144. The number of halogens is 1. The molecule has 2 heterocycles. The number of ether oxygens (including phenoxy) is 1. The van der Waals surface area contributed by atoms with Crippen molar-refractivity contribution in [2.75, 3.05) is 0 Å². The van der Waals surface area contributed by atoms with Crippen LogP contribution in [0, 0.1) is 11.7 Å². The number of hydrogen-bond donors (Lipinski definition) is 2. The Morgan fingerprint density at radius 1 is 1.12 bits per heavy atom. The summed E-state index contributed by atoms with van der Waals surface area (Å²) in [7, 11) is -2.16.